The second-order valence-corrected chi connectivity index (χ2v) is 7.48. The number of ether oxygens (including phenoxy) is 3. The molecule has 150 valence electrons. The van der Waals surface area contributed by atoms with Crippen LogP contribution in [0.2, 0.25) is 0 Å². The molecule has 1 heterocycles. The molecule has 0 unspecified atom stereocenters. The van der Waals surface area contributed by atoms with Crippen molar-refractivity contribution in [1.82, 2.24) is 0 Å². The topological polar surface area (TPSA) is 85.2 Å². The molecule has 0 aliphatic carbocycles. The van der Waals surface area contributed by atoms with Crippen LogP contribution in [0.15, 0.2) is 36.4 Å². The summed E-state index contributed by atoms with van der Waals surface area (Å²) in [4.78, 5) is 13.0. The Morgan fingerprint density at radius 2 is 1.82 bits per heavy atom. The molecule has 0 amide bonds. The molecule has 2 atom stereocenters. The first-order chi connectivity index (χ1) is 13.3. The highest BCUT2D eigenvalue weighted by Crippen LogP contribution is 2.46. The van der Waals surface area contributed by atoms with E-state index in [2.05, 4.69) is 0 Å². The molecule has 1 aliphatic heterocycles. The van der Waals surface area contributed by atoms with E-state index in [1.165, 1.54) is 28.1 Å². The van der Waals surface area contributed by atoms with Crippen molar-refractivity contribution in [1.29, 1.82) is 0 Å². The van der Waals surface area contributed by atoms with Gasteiger partial charge in [0.1, 0.15) is 28.9 Å². The summed E-state index contributed by atoms with van der Waals surface area (Å²) in [5.74, 6) is 1.03. The zero-order chi connectivity index (χ0) is 20.5. The first-order valence-corrected chi connectivity index (χ1v) is 9.19. The molecule has 0 fully saturated rings. The fraction of sp³-hybridized carbons (Fsp3) is 0.409. The maximum absolute atomic E-state index is 13.0. The number of hydrogen-bond acceptors (Lipinski definition) is 6. The maximum Gasteiger partial charge on any atom is 0.174 e. The fourth-order valence-corrected chi connectivity index (χ4v) is 3.33. The first-order valence-electron chi connectivity index (χ1n) is 9.19. The van der Waals surface area contributed by atoms with Gasteiger partial charge in [0.25, 0.3) is 0 Å². The molecule has 0 spiro atoms. The summed E-state index contributed by atoms with van der Waals surface area (Å²) in [6.45, 7) is 3.05. The Morgan fingerprint density at radius 3 is 2.39 bits per heavy atom. The van der Waals surface area contributed by atoms with Gasteiger partial charge in [-0.1, -0.05) is 30.3 Å². The minimum absolute atomic E-state index is 0.0633. The van der Waals surface area contributed by atoms with Gasteiger partial charge in [0, 0.05) is 18.1 Å². The van der Waals surface area contributed by atoms with Gasteiger partial charge in [-0.15, -0.1) is 0 Å². The predicted octanol–water partition coefficient (Wildman–Crippen LogP) is 3.08. The molecule has 2 aromatic rings. The molecule has 6 heteroatoms. The molecule has 2 N–H and O–H groups in total. The Bertz CT molecular complexity index is 854. The minimum atomic E-state index is -1.32. The van der Waals surface area contributed by atoms with Crippen LogP contribution in [-0.4, -0.2) is 41.9 Å². The van der Waals surface area contributed by atoms with Crippen LogP contribution in [0, 0.1) is 0 Å². The summed E-state index contributed by atoms with van der Waals surface area (Å²) in [5, 5.41) is 20.6. The molecular formula is C22H26O6. The number of hydrogen-bond donors (Lipinski definition) is 2. The van der Waals surface area contributed by atoms with E-state index in [0.29, 0.717) is 28.4 Å². The van der Waals surface area contributed by atoms with Crippen molar-refractivity contribution < 1.29 is 29.2 Å². The molecule has 3 rings (SSSR count). The smallest absolute Gasteiger partial charge is 0.174 e. The predicted molar refractivity (Wildman–Crippen MR) is 104 cm³/mol. The minimum Gasteiger partial charge on any atom is -0.496 e. The van der Waals surface area contributed by atoms with Crippen molar-refractivity contribution in [3.8, 4) is 17.2 Å². The Labute approximate surface area is 164 Å². The van der Waals surface area contributed by atoms with Gasteiger partial charge in [-0.2, -0.15) is 0 Å². The van der Waals surface area contributed by atoms with Crippen LogP contribution in [0.4, 0.5) is 0 Å². The van der Waals surface area contributed by atoms with Crippen LogP contribution >= 0.6 is 0 Å². The standard InChI is InChI=1S/C22H26O6/c1-22(2,25)19(24)10-14-17(26-3)12-18(27-4)20-15(23)11-16(28-21(14)20)13-8-6-5-7-9-13/h5-9,12,16,19,24-25H,10-11H2,1-4H3/t16-,19-/m1/s1. The van der Waals surface area contributed by atoms with Crippen LogP contribution in [0.5, 0.6) is 17.2 Å². The normalized spacial score (nSPS) is 17.5. The number of benzene rings is 2. The lowest BCUT2D eigenvalue weighted by atomic mass is 9.89. The van der Waals surface area contributed by atoms with Gasteiger partial charge in [-0.3, -0.25) is 4.79 Å². The highest BCUT2D eigenvalue weighted by molar-refractivity contribution is 6.03. The van der Waals surface area contributed by atoms with Crippen molar-refractivity contribution in [2.24, 2.45) is 0 Å². The molecule has 0 bridgehead atoms. The van der Waals surface area contributed by atoms with Crippen molar-refractivity contribution in [3.05, 3.63) is 53.1 Å². The summed E-state index contributed by atoms with van der Waals surface area (Å²) < 4.78 is 17.1. The zero-order valence-electron chi connectivity index (χ0n) is 16.6. The average Bonchev–Trinajstić information content (AvgIpc) is 2.67. The SMILES string of the molecule is COc1cc(OC)c2c(c1C[C@@H](O)C(C)(C)O)O[C@@H](c1ccccc1)CC2=O. The van der Waals surface area contributed by atoms with Gasteiger partial charge >= 0.3 is 0 Å². The Kier molecular flexibility index (Phi) is 5.63. The largest absolute Gasteiger partial charge is 0.496 e. The van der Waals surface area contributed by atoms with Gasteiger partial charge in [-0.05, 0) is 19.4 Å². The third-order valence-electron chi connectivity index (χ3n) is 5.04. The summed E-state index contributed by atoms with van der Waals surface area (Å²) >= 11 is 0. The van der Waals surface area contributed by atoms with Crippen molar-refractivity contribution in [3.63, 3.8) is 0 Å². The first kappa shape index (κ1) is 20.2. The van der Waals surface area contributed by atoms with E-state index in [1.807, 2.05) is 30.3 Å². The number of rotatable bonds is 6. The third-order valence-corrected chi connectivity index (χ3v) is 5.04. The van der Waals surface area contributed by atoms with Crippen LogP contribution in [0.1, 0.15) is 47.9 Å². The Morgan fingerprint density at radius 1 is 1.18 bits per heavy atom. The van der Waals surface area contributed by atoms with Gasteiger partial charge in [0.15, 0.2) is 5.78 Å². The van der Waals surface area contributed by atoms with E-state index in [-0.39, 0.29) is 18.6 Å². The number of aliphatic hydroxyl groups is 2. The van der Waals surface area contributed by atoms with Crippen LogP contribution < -0.4 is 14.2 Å². The molecule has 0 aromatic heterocycles. The molecule has 0 saturated carbocycles. The highest BCUT2D eigenvalue weighted by Gasteiger charge is 2.36. The average molecular weight is 386 g/mol. The lowest BCUT2D eigenvalue weighted by molar-refractivity contribution is -0.0474. The Balaban J connectivity index is 2.13. The van der Waals surface area contributed by atoms with Gasteiger partial charge in [-0.25, -0.2) is 0 Å². The third kappa shape index (κ3) is 3.84. The lowest BCUT2D eigenvalue weighted by Crippen LogP contribution is -2.37. The molecule has 1 aliphatic rings. The van der Waals surface area contributed by atoms with Crippen LogP contribution in [0.3, 0.4) is 0 Å². The number of aliphatic hydroxyl groups excluding tert-OH is 1. The van der Waals surface area contributed by atoms with E-state index in [4.69, 9.17) is 14.2 Å². The second-order valence-electron chi connectivity index (χ2n) is 7.48. The summed E-state index contributed by atoms with van der Waals surface area (Å²) in [6, 6.07) is 11.1. The number of carbonyl (C=O) groups is 1. The van der Waals surface area contributed by atoms with Crippen molar-refractivity contribution >= 4 is 5.78 Å². The van der Waals surface area contributed by atoms with Gasteiger partial charge < -0.3 is 24.4 Å². The molecule has 0 saturated heterocycles. The maximum atomic E-state index is 13.0. The molecular weight excluding hydrogens is 360 g/mol. The summed E-state index contributed by atoms with van der Waals surface area (Å²) in [6.07, 6.45) is -1.27. The second kappa shape index (κ2) is 7.81. The van der Waals surface area contributed by atoms with E-state index in [9.17, 15) is 15.0 Å². The number of fused-ring (bicyclic) bond motifs is 1. The highest BCUT2D eigenvalue weighted by atomic mass is 16.5. The number of ketones is 1. The number of Topliss-reactive ketones (excluding diaryl/α,β-unsaturated/α-hetero) is 1. The van der Waals surface area contributed by atoms with Crippen molar-refractivity contribution in [2.45, 2.75) is 44.5 Å². The molecule has 2 aromatic carbocycles. The lowest BCUT2D eigenvalue weighted by Gasteiger charge is -2.31. The number of methoxy groups -OCH3 is 2. The Hall–Kier alpha value is -2.57. The molecule has 28 heavy (non-hydrogen) atoms. The molecule has 0 radical (unpaired) electrons. The summed E-state index contributed by atoms with van der Waals surface area (Å²) in [7, 11) is 2.98. The van der Waals surface area contributed by atoms with E-state index in [0.717, 1.165) is 5.56 Å². The van der Waals surface area contributed by atoms with Crippen LogP contribution in [-0.2, 0) is 6.42 Å². The van der Waals surface area contributed by atoms with E-state index in [1.54, 1.807) is 6.07 Å². The summed E-state index contributed by atoms with van der Waals surface area (Å²) in [5.41, 5.74) is 0.433. The van der Waals surface area contributed by atoms with E-state index >= 15 is 0 Å². The van der Waals surface area contributed by atoms with E-state index < -0.39 is 17.8 Å². The van der Waals surface area contributed by atoms with Crippen LogP contribution in [0.25, 0.3) is 0 Å². The monoisotopic (exact) mass is 386 g/mol. The number of carbonyl (C=O) groups excluding carboxylic acids is 1. The zero-order valence-corrected chi connectivity index (χ0v) is 16.6. The quantitative estimate of drug-likeness (QED) is 0.794. The fourth-order valence-electron chi connectivity index (χ4n) is 3.33. The van der Waals surface area contributed by atoms with Crippen molar-refractivity contribution in [2.75, 3.05) is 14.2 Å². The molecule has 6 nitrogen and oxygen atoms in total. The van der Waals surface area contributed by atoms with Gasteiger partial charge in [0.2, 0.25) is 0 Å². The van der Waals surface area contributed by atoms with Gasteiger partial charge in [0.05, 0.1) is 32.3 Å².